The largest absolute Gasteiger partial charge is 0.314 e. The van der Waals surface area contributed by atoms with E-state index in [0.29, 0.717) is 0 Å². The molecule has 0 aromatic heterocycles. The Kier molecular flexibility index (Phi) is 4.83. The number of piperidine rings is 1. The molecule has 0 aromatic rings. The van der Waals surface area contributed by atoms with Gasteiger partial charge in [-0.25, -0.2) is 0 Å². The Bertz CT molecular complexity index is 220. The van der Waals surface area contributed by atoms with Gasteiger partial charge >= 0.3 is 0 Å². The van der Waals surface area contributed by atoms with E-state index in [9.17, 15) is 0 Å². The highest BCUT2D eigenvalue weighted by atomic mass is 15.2. The number of rotatable bonds is 6. The van der Waals surface area contributed by atoms with Crippen molar-refractivity contribution in [2.45, 2.75) is 57.2 Å². The third-order valence-electron chi connectivity index (χ3n) is 4.53. The first-order valence-corrected chi connectivity index (χ1v) is 7.30. The van der Waals surface area contributed by atoms with Gasteiger partial charge in [0, 0.05) is 18.1 Å². The Morgan fingerprint density at radius 3 is 2.47 bits per heavy atom. The Hall–Kier alpha value is -0.120. The van der Waals surface area contributed by atoms with E-state index < -0.39 is 0 Å². The van der Waals surface area contributed by atoms with Gasteiger partial charge in [-0.15, -0.1) is 0 Å². The molecule has 0 radical (unpaired) electrons. The number of nitrogens with zero attached hydrogens (tertiary/aromatic N) is 2. The summed E-state index contributed by atoms with van der Waals surface area (Å²) in [5.41, 5.74) is 0. The van der Waals surface area contributed by atoms with Gasteiger partial charge in [0.1, 0.15) is 0 Å². The van der Waals surface area contributed by atoms with Gasteiger partial charge in [-0.05, 0) is 72.8 Å². The average molecular weight is 239 g/mol. The number of hydrogen-bond donors (Lipinski definition) is 1. The summed E-state index contributed by atoms with van der Waals surface area (Å²) in [5.74, 6) is 0. The van der Waals surface area contributed by atoms with Gasteiger partial charge in [0.2, 0.25) is 0 Å². The molecule has 1 saturated carbocycles. The topological polar surface area (TPSA) is 18.5 Å². The van der Waals surface area contributed by atoms with Crippen molar-refractivity contribution in [3.05, 3.63) is 0 Å². The first-order chi connectivity index (χ1) is 8.16. The number of nitrogens with one attached hydrogen (secondary N) is 1. The van der Waals surface area contributed by atoms with Crippen LogP contribution in [0.25, 0.3) is 0 Å². The minimum atomic E-state index is 0.717. The molecule has 100 valence electrons. The fourth-order valence-corrected chi connectivity index (χ4v) is 2.75. The summed E-state index contributed by atoms with van der Waals surface area (Å²) in [5, 5.41) is 3.62. The maximum Gasteiger partial charge on any atom is 0.0119 e. The normalized spacial score (nSPS) is 25.4. The van der Waals surface area contributed by atoms with Crippen LogP contribution in [0.4, 0.5) is 0 Å². The maximum absolute atomic E-state index is 3.62. The van der Waals surface area contributed by atoms with Crippen molar-refractivity contribution < 1.29 is 0 Å². The van der Waals surface area contributed by atoms with Crippen molar-refractivity contribution in [3.8, 4) is 0 Å². The summed E-state index contributed by atoms with van der Waals surface area (Å²) >= 11 is 0. The molecule has 1 aliphatic carbocycles. The lowest BCUT2D eigenvalue weighted by molar-refractivity contribution is 0.110. The first-order valence-electron chi connectivity index (χ1n) is 7.30. The molecule has 1 atom stereocenters. The molecule has 2 fully saturated rings. The highest BCUT2D eigenvalue weighted by Gasteiger charge is 2.24. The van der Waals surface area contributed by atoms with Gasteiger partial charge in [0.05, 0.1) is 0 Å². The lowest BCUT2D eigenvalue weighted by Gasteiger charge is -2.38. The minimum Gasteiger partial charge on any atom is -0.314 e. The third kappa shape index (κ3) is 4.23. The van der Waals surface area contributed by atoms with E-state index in [-0.39, 0.29) is 0 Å². The van der Waals surface area contributed by atoms with Gasteiger partial charge in [-0.2, -0.15) is 0 Å². The summed E-state index contributed by atoms with van der Waals surface area (Å²) in [6.07, 6.45) is 6.78. The molecular weight excluding hydrogens is 210 g/mol. The van der Waals surface area contributed by atoms with Crippen molar-refractivity contribution in [1.82, 2.24) is 15.1 Å². The number of likely N-dealkylation sites (tertiary alicyclic amines) is 1. The second kappa shape index (κ2) is 6.17. The lowest BCUT2D eigenvalue weighted by Crippen LogP contribution is -2.46. The van der Waals surface area contributed by atoms with Gasteiger partial charge in [0.15, 0.2) is 0 Å². The van der Waals surface area contributed by atoms with Crippen LogP contribution in [0, 0.1) is 0 Å². The fraction of sp³-hybridized carbons (Fsp3) is 1.00. The van der Waals surface area contributed by atoms with E-state index >= 15 is 0 Å². The third-order valence-corrected chi connectivity index (χ3v) is 4.53. The van der Waals surface area contributed by atoms with Crippen LogP contribution in [0.1, 0.15) is 39.0 Å². The van der Waals surface area contributed by atoms with Crippen LogP contribution in [-0.2, 0) is 0 Å². The minimum absolute atomic E-state index is 0.717. The van der Waals surface area contributed by atoms with Crippen LogP contribution in [-0.4, -0.2) is 61.7 Å². The molecule has 3 nitrogen and oxygen atoms in total. The molecule has 1 saturated heterocycles. The summed E-state index contributed by atoms with van der Waals surface area (Å²) < 4.78 is 0. The molecule has 3 heteroatoms. The SMILES string of the molecule is CC(CCNC1CC1)N(C)C1CCN(C)CC1. The lowest BCUT2D eigenvalue weighted by atomic mass is 10.0. The second-order valence-electron chi connectivity index (χ2n) is 6.07. The van der Waals surface area contributed by atoms with Crippen molar-refractivity contribution in [2.75, 3.05) is 33.7 Å². The fourth-order valence-electron chi connectivity index (χ4n) is 2.75. The molecule has 2 aliphatic rings. The van der Waals surface area contributed by atoms with Gasteiger partial charge in [-0.3, -0.25) is 0 Å². The van der Waals surface area contributed by atoms with Crippen molar-refractivity contribution in [1.29, 1.82) is 0 Å². The van der Waals surface area contributed by atoms with E-state index in [1.807, 2.05) is 0 Å². The Morgan fingerprint density at radius 1 is 1.24 bits per heavy atom. The predicted octanol–water partition coefficient (Wildman–Crippen LogP) is 1.54. The molecule has 1 heterocycles. The van der Waals surface area contributed by atoms with Crippen LogP contribution >= 0.6 is 0 Å². The van der Waals surface area contributed by atoms with Crippen LogP contribution < -0.4 is 5.32 Å². The quantitative estimate of drug-likeness (QED) is 0.758. The van der Waals surface area contributed by atoms with E-state index in [4.69, 9.17) is 0 Å². The molecule has 1 unspecified atom stereocenters. The Morgan fingerprint density at radius 2 is 1.88 bits per heavy atom. The van der Waals surface area contributed by atoms with Crippen molar-refractivity contribution >= 4 is 0 Å². The Balaban J connectivity index is 1.64. The van der Waals surface area contributed by atoms with Crippen LogP contribution in [0.2, 0.25) is 0 Å². The molecule has 0 amide bonds. The van der Waals surface area contributed by atoms with E-state index in [2.05, 4.69) is 36.1 Å². The molecule has 0 spiro atoms. The van der Waals surface area contributed by atoms with Crippen LogP contribution in [0.5, 0.6) is 0 Å². The van der Waals surface area contributed by atoms with Crippen LogP contribution in [0.15, 0.2) is 0 Å². The maximum atomic E-state index is 3.62. The summed E-state index contributed by atoms with van der Waals surface area (Å²) in [6.45, 7) is 6.11. The summed E-state index contributed by atoms with van der Waals surface area (Å²) in [7, 11) is 4.55. The van der Waals surface area contributed by atoms with Crippen LogP contribution in [0.3, 0.4) is 0 Å². The van der Waals surface area contributed by atoms with E-state index in [1.165, 1.54) is 51.7 Å². The van der Waals surface area contributed by atoms with Gasteiger partial charge in [0.25, 0.3) is 0 Å². The van der Waals surface area contributed by atoms with E-state index in [0.717, 1.165) is 18.1 Å². The Labute approximate surface area is 107 Å². The monoisotopic (exact) mass is 239 g/mol. The average Bonchev–Trinajstić information content (AvgIpc) is 3.13. The van der Waals surface area contributed by atoms with Crippen molar-refractivity contribution in [3.63, 3.8) is 0 Å². The second-order valence-corrected chi connectivity index (χ2v) is 6.07. The zero-order valence-corrected chi connectivity index (χ0v) is 11.8. The highest BCUT2D eigenvalue weighted by molar-refractivity contribution is 4.83. The number of hydrogen-bond acceptors (Lipinski definition) is 3. The molecular formula is C14H29N3. The molecule has 1 N–H and O–H groups in total. The molecule has 0 bridgehead atoms. The zero-order valence-electron chi connectivity index (χ0n) is 11.8. The zero-order chi connectivity index (χ0) is 12.3. The van der Waals surface area contributed by atoms with E-state index in [1.54, 1.807) is 0 Å². The van der Waals surface area contributed by atoms with Gasteiger partial charge in [-0.1, -0.05) is 0 Å². The standard InChI is InChI=1S/C14H29N3/c1-12(6-9-15-13-4-5-13)17(3)14-7-10-16(2)11-8-14/h12-15H,4-11H2,1-3H3. The highest BCUT2D eigenvalue weighted by Crippen LogP contribution is 2.20. The van der Waals surface area contributed by atoms with Crippen molar-refractivity contribution in [2.24, 2.45) is 0 Å². The summed E-state index contributed by atoms with van der Waals surface area (Å²) in [6, 6.07) is 2.38. The molecule has 2 rings (SSSR count). The molecule has 1 aliphatic heterocycles. The smallest absolute Gasteiger partial charge is 0.0119 e. The molecule has 17 heavy (non-hydrogen) atoms. The molecule has 0 aromatic carbocycles. The first kappa shape index (κ1) is 13.3. The summed E-state index contributed by atoms with van der Waals surface area (Å²) in [4.78, 5) is 5.06. The predicted molar refractivity (Wildman–Crippen MR) is 73.4 cm³/mol. The van der Waals surface area contributed by atoms with Gasteiger partial charge < -0.3 is 15.1 Å².